The number of halogens is 3. The maximum Gasteiger partial charge on any atom is 0.313 e. The van der Waals surface area contributed by atoms with Gasteiger partial charge in [-0.15, -0.1) is 12.4 Å². The number of nitrogens with two attached hydrogens (primary N) is 1. The maximum absolute atomic E-state index is 13.3. The molecule has 7 heteroatoms. The molecule has 0 amide bonds. The van der Waals surface area contributed by atoms with Crippen molar-refractivity contribution in [3.63, 3.8) is 0 Å². The van der Waals surface area contributed by atoms with E-state index in [1.807, 2.05) is 0 Å². The summed E-state index contributed by atoms with van der Waals surface area (Å²) in [5.74, 6) is -1.89. The molecule has 0 saturated heterocycles. The molecule has 1 aromatic carbocycles. The summed E-state index contributed by atoms with van der Waals surface area (Å²) in [6.07, 6.45) is 0. The van der Waals surface area contributed by atoms with Crippen molar-refractivity contribution in [2.45, 2.75) is 19.9 Å². The van der Waals surface area contributed by atoms with Crippen LogP contribution in [0.25, 0.3) is 0 Å². The highest BCUT2D eigenvalue weighted by Gasteiger charge is 2.39. The molecule has 0 heterocycles. The number of carbonyl (C=O) groups is 1. The Balaban J connectivity index is 0.00000324. The fraction of sp³-hybridized carbons (Fsp3) is 0.417. The van der Waals surface area contributed by atoms with Gasteiger partial charge < -0.3 is 15.6 Å². The van der Waals surface area contributed by atoms with Gasteiger partial charge in [0.25, 0.3) is 0 Å². The van der Waals surface area contributed by atoms with Crippen molar-refractivity contribution in [3.05, 3.63) is 28.0 Å². The third kappa shape index (κ3) is 3.38. The van der Waals surface area contributed by atoms with E-state index in [9.17, 15) is 14.3 Å². The smallest absolute Gasteiger partial charge is 0.313 e. The molecule has 0 aromatic heterocycles. The Morgan fingerprint density at radius 1 is 1.53 bits per heavy atom. The Hall–Kier alpha value is -0.850. The molecular weight excluding hydrogens is 340 g/mol. The van der Waals surface area contributed by atoms with Crippen LogP contribution in [-0.4, -0.2) is 18.2 Å². The Morgan fingerprint density at radius 3 is 2.53 bits per heavy atom. The molecule has 0 spiro atoms. The van der Waals surface area contributed by atoms with Gasteiger partial charge >= 0.3 is 5.97 Å². The van der Waals surface area contributed by atoms with Crippen LogP contribution in [0.1, 0.15) is 25.5 Å². The average Bonchev–Trinajstić information content (AvgIpc) is 2.33. The summed E-state index contributed by atoms with van der Waals surface area (Å²) in [5, 5.41) is 9.73. The summed E-state index contributed by atoms with van der Waals surface area (Å²) in [6, 6.07) is 1.63. The van der Waals surface area contributed by atoms with Crippen LogP contribution in [0.15, 0.2) is 16.6 Å². The first kappa shape index (κ1) is 18.1. The molecule has 0 unspecified atom stereocenters. The third-order valence-electron chi connectivity index (χ3n) is 2.91. The van der Waals surface area contributed by atoms with Gasteiger partial charge in [-0.2, -0.15) is 0 Å². The van der Waals surface area contributed by atoms with Gasteiger partial charge in [-0.3, -0.25) is 4.79 Å². The maximum atomic E-state index is 13.3. The van der Waals surface area contributed by atoms with Gasteiger partial charge in [-0.05, 0) is 26.0 Å². The standard InChI is InChI=1S/C12H15BrFNO3.ClH/c1-12(2,11(17)18-3)10(15)8-6(13)4-5-7(14)9(8)16;/h4-5,10,16H,15H2,1-3H3;1H/t10-;/m1./s1. The van der Waals surface area contributed by atoms with Gasteiger partial charge in [-0.25, -0.2) is 4.39 Å². The summed E-state index contributed by atoms with van der Waals surface area (Å²) in [5.41, 5.74) is 5.01. The second kappa shape index (κ2) is 6.54. The number of hydrogen-bond acceptors (Lipinski definition) is 4. The van der Waals surface area contributed by atoms with Gasteiger partial charge in [0.15, 0.2) is 11.6 Å². The first-order valence-electron chi connectivity index (χ1n) is 5.24. The largest absolute Gasteiger partial charge is 0.505 e. The highest BCUT2D eigenvalue weighted by atomic mass is 79.9. The van der Waals surface area contributed by atoms with Crippen LogP contribution >= 0.6 is 28.3 Å². The van der Waals surface area contributed by atoms with E-state index in [1.165, 1.54) is 13.2 Å². The summed E-state index contributed by atoms with van der Waals surface area (Å²) >= 11 is 3.19. The minimum Gasteiger partial charge on any atom is -0.505 e. The van der Waals surface area contributed by atoms with Crippen molar-refractivity contribution in [2.75, 3.05) is 7.11 Å². The van der Waals surface area contributed by atoms with Crippen molar-refractivity contribution < 1.29 is 19.0 Å². The van der Waals surface area contributed by atoms with Crippen LogP contribution in [-0.2, 0) is 9.53 Å². The van der Waals surface area contributed by atoms with Gasteiger partial charge in [0.05, 0.1) is 18.6 Å². The Morgan fingerprint density at radius 2 is 2.05 bits per heavy atom. The number of methoxy groups -OCH3 is 1. The Kier molecular flexibility index (Phi) is 6.25. The van der Waals surface area contributed by atoms with E-state index < -0.39 is 29.0 Å². The van der Waals surface area contributed by atoms with Crippen LogP contribution < -0.4 is 5.73 Å². The molecule has 1 atom stereocenters. The molecule has 0 aliphatic rings. The van der Waals surface area contributed by atoms with E-state index in [-0.39, 0.29) is 18.0 Å². The molecule has 108 valence electrons. The number of phenols is 1. The Bertz CT molecular complexity index is 482. The molecule has 3 N–H and O–H groups in total. The zero-order valence-electron chi connectivity index (χ0n) is 10.7. The van der Waals surface area contributed by atoms with Gasteiger partial charge in [0.1, 0.15) is 0 Å². The van der Waals surface area contributed by atoms with E-state index in [0.717, 1.165) is 6.07 Å². The van der Waals surface area contributed by atoms with Crippen molar-refractivity contribution in [2.24, 2.45) is 11.1 Å². The van der Waals surface area contributed by atoms with Crippen LogP contribution in [0, 0.1) is 11.2 Å². The lowest BCUT2D eigenvalue weighted by atomic mass is 9.80. The van der Waals surface area contributed by atoms with Crippen LogP contribution in [0.4, 0.5) is 4.39 Å². The van der Waals surface area contributed by atoms with Gasteiger partial charge in [0, 0.05) is 10.0 Å². The first-order chi connectivity index (χ1) is 8.23. The summed E-state index contributed by atoms with van der Waals surface area (Å²) in [7, 11) is 1.25. The molecule has 0 aliphatic carbocycles. The quantitative estimate of drug-likeness (QED) is 0.817. The van der Waals surface area contributed by atoms with E-state index in [1.54, 1.807) is 13.8 Å². The molecule has 4 nitrogen and oxygen atoms in total. The lowest BCUT2D eigenvalue weighted by Gasteiger charge is -2.30. The fourth-order valence-electron chi connectivity index (χ4n) is 1.60. The van der Waals surface area contributed by atoms with Crippen molar-refractivity contribution in [3.8, 4) is 5.75 Å². The zero-order valence-corrected chi connectivity index (χ0v) is 13.1. The normalized spacial score (nSPS) is 12.5. The fourth-order valence-corrected chi connectivity index (χ4v) is 2.17. The molecule has 0 saturated carbocycles. The molecule has 1 rings (SSSR count). The van der Waals surface area contributed by atoms with Crippen molar-refractivity contribution >= 4 is 34.3 Å². The first-order valence-corrected chi connectivity index (χ1v) is 6.03. The molecule has 0 radical (unpaired) electrons. The molecule has 19 heavy (non-hydrogen) atoms. The lowest BCUT2D eigenvalue weighted by molar-refractivity contribution is -0.152. The van der Waals surface area contributed by atoms with Crippen LogP contribution in [0.2, 0.25) is 0 Å². The monoisotopic (exact) mass is 355 g/mol. The van der Waals surface area contributed by atoms with Crippen molar-refractivity contribution in [1.29, 1.82) is 0 Å². The number of rotatable bonds is 3. The summed E-state index contributed by atoms with van der Waals surface area (Å²) in [4.78, 5) is 11.7. The molecule has 0 bridgehead atoms. The molecular formula is C12H16BrClFNO3. The average molecular weight is 357 g/mol. The highest BCUT2D eigenvalue weighted by molar-refractivity contribution is 9.10. The Labute approximate surface area is 125 Å². The minimum atomic E-state index is -1.09. The number of carbonyl (C=O) groups excluding carboxylic acids is 1. The number of esters is 1. The predicted octanol–water partition coefficient (Wildman–Crippen LogP) is 2.91. The molecule has 0 aliphatic heterocycles. The van der Waals surface area contributed by atoms with Crippen LogP contribution in [0.3, 0.4) is 0 Å². The third-order valence-corrected chi connectivity index (χ3v) is 3.61. The minimum absolute atomic E-state index is 0. The van der Waals surface area contributed by atoms with E-state index in [2.05, 4.69) is 20.7 Å². The van der Waals surface area contributed by atoms with E-state index >= 15 is 0 Å². The van der Waals surface area contributed by atoms with E-state index in [4.69, 9.17) is 5.73 Å². The SMILES string of the molecule is COC(=O)C(C)(C)[C@H](N)c1c(Br)ccc(F)c1O.Cl. The zero-order chi connectivity index (χ0) is 14.1. The van der Waals surface area contributed by atoms with Crippen molar-refractivity contribution in [1.82, 2.24) is 0 Å². The second-order valence-electron chi connectivity index (χ2n) is 4.48. The van der Waals surface area contributed by atoms with Crippen LogP contribution in [0.5, 0.6) is 5.75 Å². The van der Waals surface area contributed by atoms with Gasteiger partial charge in [-0.1, -0.05) is 15.9 Å². The second-order valence-corrected chi connectivity index (χ2v) is 5.34. The number of aromatic hydroxyl groups is 1. The number of benzene rings is 1. The van der Waals surface area contributed by atoms with E-state index in [0.29, 0.717) is 4.47 Å². The highest BCUT2D eigenvalue weighted by Crippen LogP contribution is 2.41. The predicted molar refractivity (Wildman–Crippen MR) is 75.7 cm³/mol. The molecule has 0 fully saturated rings. The lowest BCUT2D eigenvalue weighted by Crippen LogP contribution is -2.37. The molecule has 1 aromatic rings. The number of ether oxygens (including phenoxy) is 1. The summed E-state index contributed by atoms with van der Waals surface area (Å²) < 4.78 is 18.4. The number of hydrogen-bond donors (Lipinski definition) is 2. The topological polar surface area (TPSA) is 72.5 Å². The summed E-state index contributed by atoms with van der Waals surface area (Å²) in [6.45, 7) is 3.14. The van der Waals surface area contributed by atoms with Gasteiger partial charge in [0.2, 0.25) is 0 Å². The number of phenolic OH excluding ortho intramolecular Hbond substituents is 1.